The number of aliphatic imine (C=N–C) groups is 2. The first-order chi connectivity index (χ1) is 20.1. The average molecular weight is 576 g/mol. The number of thioether (sulfide) groups is 1. The van der Waals surface area contributed by atoms with E-state index in [1.165, 1.54) is 26.9 Å². The molecule has 6 heteroatoms. The number of benzene rings is 5. The second-order valence-electron chi connectivity index (χ2n) is 12.3. The molecule has 0 fully saturated rings. The van der Waals surface area contributed by atoms with Gasteiger partial charge in [0.05, 0.1) is 5.56 Å². The van der Waals surface area contributed by atoms with Crippen molar-refractivity contribution in [2.75, 3.05) is 5.75 Å². The molecule has 0 aromatic heterocycles. The zero-order valence-electron chi connectivity index (χ0n) is 25.0. The van der Waals surface area contributed by atoms with E-state index in [4.69, 9.17) is 14.7 Å². The van der Waals surface area contributed by atoms with Crippen LogP contribution in [-0.4, -0.2) is 33.6 Å². The summed E-state index contributed by atoms with van der Waals surface area (Å²) >= 11 is 1.66. The van der Waals surface area contributed by atoms with Crippen LogP contribution in [0.3, 0.4) is 0 Å². The highest BCUT2D eigenvalue weighted by molar-refractivity contribution is 7.99. The molecule has 2 N–H and O–H groups in total. The minimum absolute atomic E-state index is 0.0831. The molecule has 1 aliphatic heterocycles. The fourth-order valence-corrected chi connectivity index (χ4v) is 5.86. The number of phenolic OH excluding ortho intramolecular Hbond substituents is 1. The summed E-state index contributed by atoms with van der Waals surface area (Å²) in [5.74, 6) is 2.92. The van der Waals surface area contributed by atoms with Gasteiger partial charge in [-0.05, 0) is 70.1 Å². The molecule has 1 aliphatic rings. The quantitative estimate of drug-likeness (QED) is 0.198. The Kier molecular flexibility index (Phi) is 7.14. The highest BCUT2D eigenvalue weighted by Crippen LogP contribution is 2.37. The second kappa shape index (κ2) is 10.7. The number of amidine groups is 2. The van der Waals surface area contributed by atoms with Gasteiger partial charge in [-0.3, -0.25) is 0 Å². The van der Waals surface area contributed by atoms with E-state index in [1.54, 1.807) is 17.8 Å². The van der Waals surface area contributed by atoms with Crippen LogP contribution >= 0.6 is 11.8 Å². The van der Waals surface area contributed by atoms with Gasteiger partial charge >= 0.3 is 0 Å². The maximum Gasteiger partial charge on any atom is 0.191 e. The summed E-state index contributed by atoms with van der Waals surface area (Å²) in [6.45, 7) is 12.7. The third-order valence-corrected chi connectivity index (χ3v) is 9.30. The second-order valence-corrected chi connectivity index (χ2v) is 13.6. The molecule has 1 atom stereocenters. The molecular weight excluding hydrogens is 538 g/mol. The Morgan fingerprint density at radius 3 is 2.07 bits per heavy atom. The van der Waals surface area contributed by atoms with Gasteiger partial charge < -0.3 is 15.2 Å². The monoisotopic (exact) mass is 575 g/mol. The van der Waals surface area contributed by atoms with E-state index in [0.29, 0.717) is 17.1 Å². The van der Waals surface area contributed by atoms with Crippen molar-refractivity contribution in [1.29, 1.82) is 0 Å². The predicted octanol–water partition coefficient (Wildman–Crippen LogP) is 8.89. The Morgan fingerprint density at radius 2 is 1.38 bits per heavy atom. The Labute approximate surface area is 251 Å². The van der Waals surface area contributed by atoms with Gasteiger partial charge in [-0.2, -0.15) is 0 Å². The van der Waals surface area contributed by atoms with Crippen LogP contribution in [0.4, 0.5) is 0 Å². The largest absolute Gasteiger partial charge is 0.507 e. The highest BCUT2D eigenvalue weighted by atomic mass is 32.2. The molecule has 42 heavy (non-hydrogen) atoms. The van der Waals surface area contributed by atoms with Gasteiger partial charge in [0.2, 0.25) is 0 Å². The van der Waals surface area contributed by atoms with Crippen molar-refractivity contribution in [3.63, 3.8) is 0 Å². The van der Waals surface area contributed by atoms with Crippen molar-refractivity contribution in [3.8, 4) is 11.5 Å². The van der Waals surface area contributed by atoms with Crippen LogP contribution in [0.2, 0.25) is 0 Å². The number of phenols is 1. The first kappa shape index (κ1) is 28.1. The molecule has 0 bridgehead atoms. The Bertz CT molecular complexity index is 1880. The molecule has 0 amide bonds. The van der Waals surface area contributed by atoms with Crippen LogP contribution in [0.5, 0.6) is 11.5 Å². The minimum atomic E-state index is -0.425. The van der Waals surface area contributed by atoms with Crippen molar-refractivity contribution in [2.45, 2.75) is 52.6 Å². The number of rotatable bonds is 6. The van der Waals surface area contributed by atoms with Gasteiger partial charge in [-0.1, -0.05) is 88.4 Å². The van der Waals surface area contributed by atoms with E-state index < -0.39 is 5.60 Å². The summed E-state index contributed by atoms with van der Waals surface area (Å²) in [6.07, 6.45) is 0. The standard InChI is InChI=1S/C36H37N3O2S/c1-7-42-34-38-32(28-19-17-23(20-31(28)40)41-36(5,6)35(2,3)4)37-33(39-34)30-21-29-24-13-9-8-12-22(24)16-18-27(29)25-14-10-11-15-26(25)30/h8-21,34,40H,7H2,1-6H3,(H,37,38,39). The van der Waals surface area contributed by atoms with E-state index in [0.717, 1.165) is 22.5 Å². The van der Waals surface area contributed by atoms with E-state index >= 15 is 0 Å². The molecule has 0 radical (unpaired) electrons. The SMILES string of the molecule is CCSC1N=C(c2ccc(OC(C)(C)C(C)(C)C)cc2O)NC(c2cc3c4ccccc4ccc3c3ccccc23)=N1. The molecular formula is C36H37N3O2S. The Morgan fingerprint density at radius 1 is 0.738 bits per heavy atom. The molecule has 0 saturated heterocycles. The van der Waals surface area contributed by atoms with E-state index in [1.807, 2.05) is 12.1 Å². The summed E-state index contributed by atoms with van der Waals surface area (Å²) in [6, 6.07) is 29.1. The Balaban J connectivity index is 1.45. The first-order valence-electron chi connectivity index (χ1n) is 14.5. The normalized spacial score (nSPS) is 15.9. The van der Waals surface area contributed by atoms with Gasteiger partial charge in [0.25, 0.3) is 0 Å². The lowest BCUT2D eigenvalue weighted by Crippen LogP contribution is -2.42. The lowest BCUT2D eigenvalue weighted by Gasteiger charge is -2.39. The summed E-state index contributed by atoms with van der Waals surface area (Å²) in [4.78, 5) is 9.95. The summed E-state index contributed by atoms with van der Waals surface area (Å²) in [7, 11) is 0. The molecule has 1 unspecified atom stereocenters. The molecule has 0 saturated carbocycles. The van der Waals surface area contributed by atoms with E-state index in [2.05, 4.69) is 114 Å². The van der Waals surface area contributed by atoms with Crippen LogP contribution < -0.4 is 10.1 Å². The smallest absolute Gasteiger partial charge is 0.191 e. The lowest BCUT2D eigenvalue weighted by molar-refractivity contribution is 0.000677. The first-order valence-corrected chi connectivity index (χ1v) is 15.5. The third kappa shape index (κ3) is 5.09. The zero-order chi connectivity index (χ0) is 29.6. The summed E-state index contributed by atoms with van der Waals surface area (Å²) in [5.41, 5.74) is 0.778. The summed E-state index contributed by atoms with van der Waals surface area (Å²) < 4.78 is 6.32. The van der Waals surface area contributed by atoms with Gasteiger partial charge in [0, 0.05) is 17.0 Å². The van der Waals surface area contributed by atoms with Gasteiger partial charge in [-0.15, -0.1) is 11.8 Å². The maximum absolute atomic E-state index is 11.2. The Hall–Kier alpha value is -4.03. The van der Waals surface area contributed by atoms with E-state index in [9.17, 15) is 5.11 Å². The van der Waals surface area contributed by atoms with Crippen LogP contribution in [0.25, 0.3) is 32.3 Å². The molecule has 0 aliphatic carbocycles. The zero-order valence-corrected chi connectivity index (χ0v) is 25.8. The van der Waals surface area contributed by atoms with Crippen molar-refractivity contribution in [2.24, 2.45) is 15.4 Å². The van der Waals surface area contributed by atoms with Gasteiger partial charge in [-0.25, -0.2) is 9.98 Å². The molecule has 0 spiro atoms. The van der Waals surface area contributed by atoms with Crippen molar-refractivity contribution in [3.05, 3.63) is 96.1 Å². The van der Waals surface area contributed by atoms with Crippen LogP contribution in [0, 0.1) is 5.41 Å². The lowest BCUT2D eigenvalue weighted by atomic mass is 9.79. The number of ether oxygens (including phenoxy) is 1. The van der Waals surface area contributed by atoms with E-state index in [-0.39, 0.29) is 16.7 Å². The van der Waals surface area contributed by atoms with Crippen molar-refractivity contribution >= 4 is 55.8 Å². The van der Waals surface area contributed by atoms with Crippen LogP contribution in [-0.2, 0) is 0 Å². The molecule has 5 aromatic carbocycles. The molecule has 5 nitrogen and oxygen atoms in total. The van der Waals surface area contributed by atoms with Crippen molar-refractivity contribution < 1.29 is 9.84 Å². The number of fused-ring (bicyclic) bond motifs is 5. The average Bonchev–Trinajstić information content (AvgIpc) is 2.96. The highest BCUT2D eigenvalue weighted by Gasteiger charge is 2.35. The number of nitrogens with one attached hydrogen (secondary N) is 1. The fourth-order valence-electron chi connectivity index (χ4n) is 5.20. The molecule has 5 aromatic rings. The molecule has 1 heterocycles. The topological polar surface area (TPSA) is 66.2 Å². The van der Waals surface area contributed by atoms with Gasteiger partial charge in [0.15, 0.2) is 5.50 Å². The predicted molar refractivity (Wildman–Crippen MR) is 179 cm³/mol. The third-order valence-electron chi connectivity index (χ3n) is 8.46. The van der Waals surface area contributed by atoms with Gasteiger partial charge in [0.1, 0.15) is 28.8 Å². The number of aromatic hydroxyl groups is 1. The van der Waals surface area contributed by atoms with Crippen molar-refractivity contribution in [1.82, 2.24) is 5.32 Å². The summed E-state index contributed by atoms with van der Waals surface area (Å²) in [5, 5.41) is 21.8. The number of hydrogen-bond donors (Lipinski definition) is 2. The fraction of sp³-hybridized carbons (Fsp3) is 0.278. The molecule has 214 valence electrons. The number of hydrogen-bond acceptors (Lipinski definition) is 6. The minimum Gasteiger partial charge on any atom is -0.507 e. The number of nitrogens with zero attached hydrogens (tertiary/aromatic N) is 2. The van der Waals surface area contributed by atoms with Crippen LogP contribution in [0.15, 0.2) is 94.9 Å². The maximum atomic E-state index is 11.2. The van der Waals surface area contributed by atoms with Crippen LogP contribution in [0.1, 0.15) is 52.7 Å². The molecule has 6 rings (SSSR count).